The fourth-order valence-electron chi connectivity index (χ4n) is 1.44. The molecular formula is C12H14BrNO4S3. The molecule has 0 aliphatic carbocycles. The molecule has 0 heterocycles. The van der Waals surface area contributed by atoms with E-state index in [1.54, 1.807) is 31.2 Å². The van der Waals surface area contributed by atoms with E-state index in [4.69, 9.17) is 17.0 Å². The first kappa shape index (κ1) is 18.4. The molecule has 0 radical (unpaired) electrons. The van der Waals surface area contributed by atoms with Gasteiger partial charge in [-0.15, -0.1) is 0 Å². The predicted octanol–water partition coefficient (Wildman–Crippen LogP) is 2.80. The number of amides is 1. The van der Waals surface area contributed by atoms with E-state index in [0.717, 1.165) is 26.8 Å². The third-order valence-corrected chi connectivity index (χ3v) is 5.02. The molecule has 0 aliphatic rings. The van der Waals surface area contributed by atoms with Crippen LogP contribution >= 0.6 is 39.9 Å². The highest BCUT2D eigenvalue weighted by Crippen LogP contribution is 2.22. The van der Waals surface area contributed by atoms with E-state index in [9.17, 15) is 13.2 Å². The molecule has 116 valence electrons. The summed E-state index contributed by atoms with van der Waals surface area (Å²) < 4.78 is 30.5. The molecule has 0 aliphatic heterocycles. The molecule has 9 heteroatoms. The maximum atomic E-state index is 12.2. The Balaban J connectivity index is 2.91. The molecule has 1 amide bonds. The third kappa shape index (κ3) is 5.93. The van der Waals surface area contributed by atoms with Crippen molar-refractivity contribution in [1.82, 2.24) is 0 Å². The maximum Gasteiger partial charge on any atom is 0.251 e. The van der Waals surface area contributed by atoms with Crippen molar-refractivity contribution >= 4 is 65.9 Å². The van der Waals surface area contributed by atoms with E-state index >= 15 is 0 Å². The fourth-order valence-corrected chi connectivity index (χ4v) is 3.59. The summed E-state index contributed by atoms with van der Waals surface area (Å²) in [5.41, 5.74) is 0.286. The van der Waals surface area contributed by atoms with Crippen LogP contribution in [0.1, 0.15) is 6.92 Å². The van der Waals surface area contributed by atoms with Gasteiger partial charge in [0.15, 0.2) is 0 Å². The summed E-state index contributed by atoms with van der Waals surface area (Å²) in [5.74, 6) is -0.686. The SMILES string of the molecule is CCOC(=S)SCC(=O)N(c1ccc(Br)cc1)S(C)(=O)=O. The minimum Gasteiger partial charge on any atom is -0.479 e. The van der Waals surface area contributed by atoms with Gasteiger partial charge in [0.2, 0.25) is 14.4 Å². The molecule has 0 atom stereocenters. The number of thioether (sulfide) groups is 1. The van der Waals surface area contributed by atoms with Gasteiger partial charge >= 0.3 is 0 Å². The number of thiocarbonyl (C=S) groups is 1. The summed E-state index contributed by atoms with van der Waals surface area (Å²) in [5, 5.41) is 0. The van der Waals surface area contributed by atoms with Crippen molar-refractivity contribution < 1.29 is 17.9 Å². The Labute approximate surface area is 142 Å². The van der Waals surface area contributed by atoms with Crippen LogP contribution in [0.2, 0.25) is 0 Å². The van der Waals surface area contributed by atoms with Crippen LogP contribution in [0, 0.1) is 0 Å². The summed E-state index contributed by atoms with van der Waals surface area (Å²) in [4.78, 5) is 12.2. The molecular weight excluding hydrogens is 398 g/mol. The number of hydrogen-bond donors (Lipinski definition) is 0. The normalized spacial score (nSPS) is 11.0. The van der Waals surface area contributed by atoms with Gasteiger partial charge in [0, 0.05) is 4.47 Å². The number of benzene rings is 1. The van der Waals surface area contributed by atoms with Crippen molar-refractivity contribution in [3.63, 3.8) is 0 Å². The number of rotatable bonds is 5. The molecule has 0 aromatic heterocycles. The van der Waals surface area contributed by atoms with Gasteiger partial charge in [-0.1, -0.05) is 27.7 Å². The zero-order chi connectivity index (χ0) is 16.0. The van der Waals surface area contributed by atoms with Crippen LogP contribution < -0.4 is 4.31 Å². The Kier molecular flexibility index (Phi) is 7.11. The molecule has 0 bridgehead atoms. The lowest BCUT2D eigenvalue weighted by atomic mass is 10.3. The molecule has 1 aromatic carbocycles. The number of carbonyl (C=O) groups excluding carboxylic acids is 1. The maximum absolute atomic E-state index is 12.2. The van der Waals surface area contributed by atoms with Gasteiger partial charge in [-0.3, -0.25) is 4.79 Å². The molecule has 5 nitrogen and oxygen atoms in total. The lowest BCUT2D eigenvalue weighted by Gasteiger charge is -2.20. The summed E-state index contributed by atoms with van der Waals surface area (Å²) in [6.45, 7) is 2.18. The van der Waals surface area contributed by atoms with Crippen LogP contribution in [0.4, 0.5) is 5.69 Å². The second-order valence-corrected chi connectivity index (χ2v) is 8.19. The summed E-state index contributed by atoms with van der Waals surface area (Å²) in [6.07, 6.45) is 0.985. The Morgan fingerprint density at radius 3 is 2.43 bits per heavy atom. The van der Waals surface area contributed by atoms with Gasteiger partial charge in [0.25, 0.3) is 5.91 Å². The first-order valence-electron chi connectivity index (χ1n) is 5.84. The number of anilines is 1. The van der Waals surface area contributed by atoms with Gasteiger partial charge < -0.3 is 4.74 Å². The summed E-state index contributed by atoms with van der Waals surface area (Å²) in [7, 11) is -3.72. The quantitative estimate of drug-likeness (QED) is 0.694. The zero-order valence-corrected chi connectivity index (χ0v) is 15.4. The smallest absolute Gasteiger partial charge is 0.251 e. The van der Waals surface area contributed by atoms with E-state index in [1.165, 1.54) is 0 Å². The molecule has 0 saturated carbocycles. The van der Waals surface area contributed by atoms with Crippen LogP contribution in [0.25, 0.3) is 0 Å². The van der Waals surface area contributed by atoms with Crippen LogP contribution in [-0.2, 0) is 19.6 Å². The minimum atomic E-state index is -3.72. The largest absolute Gasteiger partial charge is 0.479 e. The number of nitrogens with zero attached hydrogens (tertiary/aromatic N) is 1. The van der Waals surface area contributed by atoms with Crippen LogP contribution in [-0.4, -0.2) is 37.3 Å². The average molecular weight is 412 g/mol. The first-order chi connectivity index (χ1) is 9.75. The van der Waals surface area contributed by atoms with Crippen LogP contribution in [0.3, 0.4) is 0 Å². The number of ether oxygens (including phenoxy) is 1. The average Bonchev–Trinajstić information content (AvgIpc) is 2.38. The second kappa shape index (κ2) is 8.11. The van der Waals surface area contributed by atoms with Gasteiger partial charge in [0.05, 0.1) is 24.3 Å². The zero-order valence-electron chi connectivity index (χ0n) is 11.4. The van der Waals surface area contributed by atoms with Gasteiger partial charge in [-0.2, -0.15) is 0 Å². The second-order valence-electron chi connectivity index (χ2n) is 3.87. The Hall–Kier alpha value is -0.640. The summed E-state index contributed by atoms with van der Waals surface area (Å²) >= 11 is 9.15. The summed E-state index contributed by atoms with van der Waals surface area (Å²) in [6, 6.07) is 6.43. The standard InChI is InChI=1S/C12H14BrNO4S3/c1-3-18-12(19)20-8-11(15)14(21(2,16)17)10-6-4-9(13)5-7-10/h4-7H,3,8H2,1-2H3. The first-order valence-corrected chi connectivity index (χ1v) is 9.87. The Morgan fingerprint density at radius 2 is 1.95 bits per heavy atom. The monoisotopic (exact) mass is 411 g/mol. The molecule has 0 unspecified atom stereocenters. The van der Waals surface area contributed by atoms with Crippen molar-refractivity contribution in [2.24, 2.45) is 0 Å². The van der Waals surface area contributed by atoms with Crippen molar-refractivity contribution in [3.05, 3.63) is 28.7 Å². The van der Waals surface area contributed by atoms with Gasteiger partial charge in [-0.05, 0) is 43.4 Å². The molecule has 0 saturated heterocycles. The van der Waals surface area contributed by atoms with E-state index in [0.29, 0.717) is 6.61 Å². The van der Waals surface area contributed by atoms with E-state index < -0.39 is 15.9 Å². The number of halogens is 1. The number of sulfonamides is 1. The number of hydrogen-bond acceptors (Lipinski definition) is 6. The van der Waals surface area contributed by atoms with Crippen LogP contribution in [0.5, 0.6) is 0 Å². The lowest BCUT2D eigenvalue weighted by molar-refractivity contribution is -0.115. The molecule has 1 rings (SSSR count). The molecule has 21 heavy (non-hydrogen) atoms. The van der Waals surface area contributed by atoms with Crippen molar-refractivity contribution in [2.75, 3.05) is 22.9 Å². The van der Waals surface area contributed by atoms with Crippen molar-refractivity contribution in [3.8, 4) is 0 Å². The highest BCUT2D eigenvalue weighted by Gasteiger charge is 2.25. The van der Waals surface area contributed by atoms with E-state index in [2.05, 4.69) is 15.9 Å². The van der Waals surface area contributed by atoms with Gasteiger partial charge in [-0.25, -0.2) is 12.7 Å². The van der Waals surface area contributed by atoms with Crippen molar-refractivity contribution in [1.29, 1.82) is 0 Å². The van der Waals surface area contributed by atoms with Gasteiger partial charge in [0.1, 0.15) is 0 Å². The Bertz CT molecular complexity index is 616. The molecule has 1 aromatic rings. The molecule has 0 N–H and O–H groups in total. The molecule has 0 spiro atoms. The Morgan fingerprint density at radius 1 is 1.38 bits per heavy atom. The fraction of sp³-hybridized carbons (Fsp3) is 0.333. The number of carbonyl (C=O) groups is 1. The topological polar surface area (TPSA) is 63.7 Å². The highest BCUT2D eigenvalue weighted by molar-refractivity contribution is 9.10. The lowest BCUT2D eigenvalue weighted by Crippen LogP contribution is -2.37. The third-order valence-electron chi connectivity index (χ3n) is 2.19. The van der Waals surface area contributed by atoms with Crippen molar-refractivity contribution in [2.45, 2.75) is 6.92 Å². The predicted molar refractivity (Wildman–Crippen MR) is 93.2 cm³/mol. The highest BCUT2D eigenvalue weighted by atomic mass is 79.9. The van der Waals surface area contributed by atoms with E-state index in [-0.39, 0.29) is 15.8 Å². The minimum absolute atomic E-state index is 0.109. The molecule has 0 fully saturated rings. The van der Waals surface area contributed by atoms with Crippen LogP contribution in [0.15, 0.2) is 28.7 Å². The van der Waals surface area contributed by atoms with E-state index in [1.807, 2.05) is 0 Å².